The van der Waals surface area contributed by atoms with Crippen LogP contribution in [0.1, 0.15) is 12.0 Å². The van der Waals surface area contributed by atoms with Crippen molar-refractivity contribution in [2.24, 2.45) is 5.92 Å². The lowest BCUT2D eigenvalue weighted by Gasteiger charge is -2.26. The van der Waals surface area contributed by atoms with E-state index in [2.05, 4.69) is 5.32 Å². The van der Waals surface area contributed by atoms with Gasteiger partial charge >= 0.3 is 0 Å². The Kier molecular flexibility index (Phi) is 3.11. The van der Waals surface area contributed by atoms with Gasteiger partial charge in [-0.2, -0.15) is 0 Å². The molecule has 1 aliphatic rings. The molecule has 0 bridgehead atoms. The van der Waals surface area contributed by atoms with Crippen molar-refractivity contribution in [3.05, 3.63) is 23.8 Å². The zero-order valence-electron chi connectivity index (χ0n) is 8.99. The van der Waals surface area contributed by atoms with Gasteiger partial charge in [-0.05, 0) is 42.5 Å². The van der Waals surface area contributed by atoms with Crippen molar-refractivity contribution in [2.45, 2.75) is 12.8 Å². The number of nitrogens with one attached hydrogen (secondary N) is 1. The highest BCUT2D eigenvalue weighted by molar-refractivity contribution is 5.55. The lowest BCUT2D eigenvalue weighted by atomic mass is 9.92. The summed E-state index contributed by atoms with van der Waals surface area (Å²) in [5, 5.41) is 12.8. The number of aromatic hydroxyl groups is 1. The van der Waals surface area contributed by atoms with E-state index in [4.69, 9.17) is 4.74 Å². The lowest BCUT2D eigenvalue weighted by Crippen LogP contribution is -2.24. The summed E-state index contributed by atoms with van der Waals surface area (Å²) in [6.07, 6.45) is 2.10. The van der Waals surface area contributed by atoms with Crippen molar-refractivity contribution in [2.75, 3.05) is 25.6 Å². The summed E-state index contributed by atoms with van der Waals surface area (Å²) in [5.74, 6) is 0.960. The van der Waals surface area contributed by atoms with E-state index in [9.17, 15) is 5.11 Å². The third-order valence-corrected chi connectivity index (χ3v) is 2.91. The molecule has 3 heteroatoms. The Labute approximate surface area is 90.1 Å². The molecule has 0 amide bonds. The molecule has 0 radical (unpaired) electrons. The van der Waals surface area contributed by atoms with Crippen LogP contribution in [0.4, 0.5) is 5.69 Å². The number of fused-ring (bicyclic) bond motifs is 1. The molecule has 0 saturated heterocycles. The van der Waals surface area contributed by atoms with Gasteiger partial charge in [-0.1, -0.05) is 0 Å². The Morgan fingerprint density at radius 1 is 1.53 bits per heavy atom. The largest absolute Gasteiger partial charge is 0.508 e. The van der Waals surface area contributed by atoms with E-state index in [-0.39, 0.29) is 0 Å². The SMILES string of the molecule is COCCC1CNc2ccc(O)cc2C1. The molecule has 0 saturated carbocycles. The Morgan fingerprint density at radius 2 is 2.40 bits per heavy atom. The highest BCUT2D eigenvalue weighted by atomic mass is 16.5. The number of phenols is 1. The molecule has 82 valence electrons. The minimum Gasteiger partial charge on any atom is -0.508 e. The van der Waals surface area contributed by atoms with Gasteiger partial charge in [-0.25, -0.2) is 0 Å². The number of hydrogen-bond donors (Lipinski definition) is 2. The van der Waals surface area contributed by atoms with Crippen molar-refractivity contribution >= 4 is 5.69 Å². The molecule has 2 rings (SSSR count). The molecular weight excluding hydrogens is 190 g/mol. The van der Waals surface area contributed by atoms with E-state index in [1.165, 1.54) is 5.56 Å². The molecule has 0 aliphatic carbocycles. The van der Waals surface area contributed by atoms with Gasteiger partial charge in [-0.3, -0.25) is 0 Å². The molecule has 2 N–H and O–H groups in total. The van der Waals surface area contributed by atoms with Crippen LogP contribution in [0, 0.1) is 5.92 Å². The highest BCUT2D eigenvalue weighted by Gasteiger charge is 2.17. The number of methoxy groups -OCH3 is 1. The first-order valence-electron chi connectivity index (χ1n) is 5.34. The lowest BCUT2D eigenvalue weighted by molar-refractivity contribution is 0.178. The summed E-state index contributed by atoms with van der Waals surface area (Å²) in [7, 11) is 1.73. The van der Waals surface area contributed by atoms with Crippen LogP contribution in [0.3, 0.4) is 0 Å². The fourth-order valence-electron chi connectivity index (χ4n) is 2.05. The highest BCUT2D eigenvalue weighted by Crippen LogP contribution is 2.28. The van der Waals surface area contributed by atoms with Crippen LogP contribution in [-0.2, 0) is 11.2 Å². The van der Waals surface area contributed by atoms with E-state index in [0.717, 1.165) is 31.7 Å². The summed E-state index contributed by atoms with van der Waals surface area (Å²) in [6.45, 7) is 1.81. The summed E-state index contributed by atoms with van der Waals surface area (Å²) in [4.78, 5) is 0. The van der Waals surface area contributed by atoms with Crippen LogP contribution in [-0.4, -0.2) is 25.4 Å². The van der Waals surface area contributed by atoms with Gasteiger partial charge in [0, 0.05) is 25.9 Å². The minimum absolute atomic E-state index is 0.350. The van der Waals surface area contributed by atoms with Crippen molar-refractivity contribution in [1.29, 1.82) is 0 Å². The number of rotatable bonds is 3. The molecule has 1 heterocycles. The minimum atomic E-state index is 0.350. The first-order chi connectivity index (χ1) is 7.29. The summed E-state index contributed by atoms with van der Waals surface area (Å²) in [6, 6.07) is 5.51. The number of benzene rings is 1. The smallest absolute Gasteiger partial charge is 0.116 e. The molecular formula is C12H17NO2. The standard InChI is InChI=1S/C12H17NO2/c1-15-5-4-9-6-10-7-11(14)2-3-12(10)13-8-9/h2-3,7,9,13-14H,4-6,8H2,1H3. The third-order valence-electron chi connectivity index (χ3n) is 2.91. The molecule has 15 heavy (non-hydrogen) atoms. The Morgan fingerprint density at radius 3 is 3.20 bits per heavy atom. The number of phenolic OH excluding ortho intramolecular Hbond substituents is 1. The van der Waals surface area contributed by atoms with Gasteiger partial charge in [0.15, 0.2) is 0 Å². The molecule has 1 atom stereocenters. The van der Waals surface area contributed by atoms with Gasteiger partial charge in [-0.15, -0.1) is 0 Å². The second-order valence-electron chi connectivity index (χ2n) is 4.07. The Balaban J connectivity index is 2.05. The van der Waals surface area contributed by atoms with E-state index >= 15 is 0 Å². The first kappa shape index (κ1) is 10.3. The first-order valence-corrected chi connectivity index (χ1v) is 5.34. The van der Waals surface area contributed by atoms with E-state index < -0.39 is 0 Å². The van der Waals surface area contributed by atoms with Crippen molar-refractivity contribution < 1.29 is 9.84 Å². The van der Waals surface area contributed by atoms with Crippen LogP contribution < -0.4 is 5.32 Å². The number of anilines is 1. The third kappa shape index (κ3) is 2.42. The molecule has 1 aromatic rings. The van der Waals surface area contributed by atoms with E-state index in [1.807, 2.05) is 12.1 Å². The summed E-state index contributed by atoms with van der Waals surface area (Å²) < 4.78 is 5.08. The van der Waals surface area contributed by atoms with Gasteiger partial charge in [0.05, 0.1) is 0 Å². The fraction of sp³-hybridized carbons (Fsp3) is 0.500. The summed E-state index contributed by atoms with van der Waals surface area (Å²) in [5.41, 5.74) is 2.36. The maximum atomic E-state index is 9.40. The van der Waals surface area contributed by atoms with Crippen molar-refractivity contribution in [1.82, 2.24) is 0 Å². The van der Waals surface area contributed by atoms with Gasteiger partial charge < -0.3 is 15.2 Å². The zero-order chi connectivity index (χ0) is 10.7. The molecule has 1 aliphatic heterocycles. The number of ether oxygens (including phenoxy) is 1. The van der Waals surface area contributed by atoms with Gasteiger partial charge in [0.1, 0.15) is 5.75 Å². The van der Waals surface area contributed by atoms with E-state index in [1.54, 1.807) is 13.2 Å². The predicted molar refractivity (Wildman–Crippen MR) is 60.3 cm³/mol. The quantitative estimate of drug-likeness (QED) is 0.745. The van der Waals surface area contributed by atoms with Crippen LogP contribution in [0.5, 0.6) is 5.75 Å². The molecule has 1 aromatic carbocycles. The predicted octanol–water partition coefficient (Wildman–Crippen LogP) is 2.01. The number of hydrogen-bond acceptors (Lipinski definition) is 3. The van der Waals surface area contributed by atoms with Crippen molar-refractivity contribution in [3.63, 3.8) is 0 Å². The van der Waals surface area contributed by atoms with E-state index in [0.29, 0.717) is 11.7 Å². The summed E-state index contributed by atoms with van der Waals surface area (Å²) >= 11 is 0. The average Bonchev–Trinajstić information content (AvgIpc) is 2.25. The maximum absolute atomic E-state index is 9.40. The van der Waals surface area contributed by atoms with Crippen LogP contribution in [0.15, 0.2) is 18.2 Å². The van der Waals surface area contributed by atoms with Crippen LogP contribution in [0.2, 0.25) is 0 Å². The molecule has 0 spiro atoms. The Bertz CT molecular complexity index is 338. The van der Waals surface area contributed by atoms with Crippen LogP contribution >= 0.6 is 0 Å². The van der Waals surface area contributed by atoms with Crippen molar-refractivity contribution in [3.8, 4) is 5.75 Å². The van der Waals surface area contributed by atoms with Gasteiger partial charge in [0.2, 0.25) is 0 Å². The van der Waals surface area contributed by atoms with Crippen LogP contribution in [0.25, 0.3) is 0 Å². The topological polar surface area (TPSA) is 41.5 Å². The monoisotopic (exact) mass is 207 g/mol. The second-order valence-corrected chi connectivity index (χ2v) is 4.07. The average molecular weight is 207 g/mol. The maximum Gasteiger partial charge on any atom is 0.116 e. The molecule has 1 unspecified atom stereocenters. The normalized spacial score (nSPS) is 19.4. The second kappa shape index (κ2) is 4.53. The zero-order valence-corrected chi connectivity index (χ0v) is 8.99. The molecule has 0 aromatic heterocycles. The molecule has 3 nitrogen and oxygen atoms in total. The fourth-order valence-corrected chi connectivity index (χ4v) is 2.05. The van der Waals surface area contributed by atoms with Gasteiger partial charge in [0.25, 0.3) is 0 Å². The Hall–Kier alpha value is -1.22. The molecule has 0 fully saturated rings.